The van der Waals surface area contributed by atoms with Crippen molar-refractivity contribution < 1.29 is 14.3 Å². The number of hydrogen-bond acceptors (Lipinski definition) is 4. The van der Waals surface area contributed by atoms with Gasteiger partial charge < -0.3 is 15.4 Å². The van der Waals surface area contributed by atoms with Crippen molar-refractivity contribution in [2.45, 2.75) is 51.0 Å². The van der Waals surface area contributed by atoms with Crippen LogP contribution in [0.4, 0.5) is 0 Å². The normalized spacial score (nSPS) is 25.6. The van der Waals surface area contributed by atoms with E-state index in [1.165, 1.54) is 7.11 Å². The summed E-state index contributed by atoms with van der Waals surface area (Å²) in [7, 11) is 1.38. The fourth-order valence-corrected chi connectivity index (χ4v) is 3.16. The smallest absolute Gasteiger partial charge is 0.328 e. The summed E-state index contributed by atoms with van der Waals surface area (Å²) in [5.41, 5.74) is 5.80. The molecule has 0 aromatic heterocycles. The maximum atomic E-state index is 12.5. The molecule has 1 aliphatic carbocycles. The highest BCUT2D eigenvalue weighted by Crippen LogP contribution is 2.43. The molecule has 0 spiro atoms. The Morgan fingerprint density at radius 2 is 2.05 bits per heavy atom. The number of nitrogens with two attached hydrogens (primary N) is 1. The number of esters is 1. The van der Waals surface area contributed by atoms with Gasteiger partial charge in [-0.15, -0.1) is 0 Å². The van der Waals surface area contributed by atoms with E-state index in [9.17, 15) is 9.59 Å². The predicted molar refractivity (Wildman–Crippen MR) is 71.3 cm³/mol. The first-order valence-electron chi connectivity index (χ1n) is 7.19. The largest absolute Gasteiger partial charge is 0.467 e. The van der Waals surface area contributed by atoms with Gasteiger partial charge in [0.15, 0.2) is 0 Å². The highest BCUT2D eigenvalue weighted by atomic mass is 16.5. The van der Waals surface area contributed by atoms with E-state index in [1.54, 1.807) is 4.90 Å². The molecule has 1 aliphatic heterocycles. The molecule has 1 unspecified atom stereocenters. The lowest BCUT2D eigenvalue weighted by atomic mass is 9.66. The van der Waals surface area contributed by atoms with Gasteiger partial charge in [-0.2, -0.15) is 0 Å². The van der Waals surface area contributed by atoms with Gasteiger partial charge in [-0.3, -0.25) is 4.79 Å². The Labute approximate surface area is 114 Å². The first kappa shape index (κ1) is 14.3. The SMILES string of the molecule is COC(=O)C1CCCCN1C(=O)CC1(CN)CCC1. The number of ether oxygens (including phenoxy) is 1. The van der Waals surface area contributed by atoms with Crippen LogP contribution >= 0.6 is 0 Å². The molecule has 2 N–H and O–H groups in total. The highest BCUT2D eigenvalue weighted by molar-refractivity contribution is 5.85. The van der Waals surface area contributed by atoms with Crippen LogP contribution in [0.2, 0.25) is 0 Å². The Kier molecular flexibility index (Phi) is 4.45. The van der Waals surface area contributed by atoms with E-state index in [-0.39, 0.29) is 23.3 Å². The second-order valence-electron chi connectivity index (χ2n) is 5.86. The Balaban J connectivity index is 2.01. The van der Waals surface area contributed by atoms with Crippen molar-refractivity contribution in [3.63, 3.8) is 0 Å². The fourth-order valence-electron chi connectivity index (χ4n) is 3.16. The molecule has 0 aromatic carbocycles. The van der Waals surface area contributed by atoms with E-state index in [2.05, 4.69) is 0 Å². The van der Waals surface area contributed by atoms with Crippen molar-refractivity contribution in [1.29, 1.82) is 0 Å². The number of carbonyl (C=O) groups is 2. The van der Waals surface area contributed by atoms with Crippen LogP contribution in [0.5, 0.6) is 0 Å². The van der Waals surface area contributed by atoms with Gasteiger partial charge in [0, 0.05) is 13.0 Å². The van der Waals surface area contributed by atoms with Crippen molar-refractivity contribution in [2.75, 3.05) is 20.2 Å². The van der Waals surface area contributed by atoms with Gasteiger partial charge >= 0.3 is 5.97 Å². The maximum absolute atomic E-state index is 12.5. The number of rotatable bonds is 4. The van der Waals surface area contributed by atoms with Crippen molar-refractivity contribution in [3.05, 3.63) is 0 Å². The standard InChI is InChI=1S/C14H24N2O3/c1-19-13(18)11-5-2-3-8-16(11)12(17)9-14(10-15)6-4-7-14/h11H,2-10,15H2,1H3. The number of hydrogen-bond donors (Lipinski definition) is 1. The monoisotopic (exact) mass is 268 g/mol. The average molecular weight is 268 g/mol. The molecule has 0 radical (unpaired) electrons. The summed E-state index contributed by atoms with van der Waals surface area (Å²) >= 11 is 0. The predicted octanol–water partition coefficient (Wildman–Crippen LogP) is 1.06. The van der Waals surface area contributed by atoms with E-state index >= 15 is 0 Å². The number of amides is 1. The van der Waals surface area contributed by atoms with Gasteiger partial charge in [-0.05, 0) is 44.1 Å². The first-order chi connectivity index (χ1) is 9.12. The van der Waals surface area contributed by atoms with Crippen LogP contribution in [0.25, 0.3) is 0 Å². The van der Waals surface area contributed by atoms with E-state index in [4.69, 9.17) is 10.5 Å². The van der Waals surface area contributed by atoms with Gasteiger partial charge in [-0.25, -0.2) is 4.79 Å². The zero-order chi connectivity index (χ0) is 13.9. The summed E-state index contributed by atoms with van der Waals surface area (Å²) in [4.78, 5) is 25.9. The second-order valence-corrected chi connectivity index (χ2v) is 5.86. The molecule has 1 amide bonds. The van der Waals surface area contributed by atoms with Crippen LogP contribution < -0.4 is 5.73 Å². The molecule has 2 fully saturated rings. The molecule has 2 aliphatic rings. The Morgan fingerprint density at radius 1 is 1.32 bits per heavy atom. The quantitative estimate of drug-likeness (QED) is 0.774. The van der Waals surface area contributed by atoms with Crippen LogP contribution in [0.15, 0.2) is 0 Å². The van der Waals surface area contributed by atoms with Gasteiger partial charge in [-0.1, -0.05) is 6.42 Å². The van der Waals surface area contributed by atoms with Crippen molar-refractivity contribution in [3.8, 4) is 0 Å². The molecule has 1 atom stereocenters. The van der Waals surface area contributed by atoms with E-state index in [0.717, 1.165) is 32.1 Å². The molecule has 0 aromatic rings. The molecule has 0 bridgehead atoms. The van der Waals surface area contributed by atoms with Crippen LogP contribution in [0.1, 0.15) is 44.9 Å². The van der Waals surface area contributed by atoms with Gasteiger partial charge in [0.05, 0.1) is 7.11 Å². The number of likely N-dealkylation sites (tertiary alicyclic amines) is 1. The van der Waals surface area contributed by atoms with Crippen LogP contribution in [-0.2, 0) is 14.3 Å². The summed E-state index contributed by atoms with van der Waals surface area (Å²) < 4.78 is 4.81. The topological polar surface area (TPSA) is 72.6 Å². The van der Waals surface area contributed by atoms with Crippen LogP contribution in [-0.4, -0.2) is 43.0 Å². The number of piperidine rings is 1. The summed E-state index contributed by atoms with van der Waals surface area (Å²) in [6, 6.07) is -0.388. The molecule has 19 heavy (non-hydrogen) atoms. The zero-order valence-electron chi connectivity index (χ0n) is 11.7. The van der Waals surface area contributed by atoms with Crippen molar-refractivity contribution in [1.82, 2.24) is 4.90 Å². The molecular formula is C14H24N2O3. The lowest BCUT2D eigenvalue weighted by Crippen LogP contribution is -2.51. The van der Waals surface area contributed by atoms with E-state index in [0.29, 0.717) is 25.9 Å². The third-order valence-corrected chi connectivity index (χ3v) is 4.67. The number of carbonyl (C=O) groups excluding carboxylic acids is 2. The average Bonchev–Trinajstić information content (AvgIpc) is 2.41. The third kappa shape index (κ3) is 2.91. The number of nitrogens with zero attached hydrogens (tertiary/aromatic N) is 1. The van der Waals surface area contributed by atoms with Gasteiger partial charge in [0.1, 0.15) is 6.04 Å². The van der Waals surface area contributed by atoms with Crippen molar-refractivity contribution in [2.24, 2.45) is 11.1 Å². The molecule has 2 rings (SSSR count). The highest BCUT2D eigenvalue weighted by Gasteiger charge is 2.41. The van der Waals surface area contributed by atoms with Gasteiger partial charge in [0.2, 0.25) is 5.91 Å². The fraction of sp³-hybridized carbons (Fsp3) is 0.857. The lowest BCUT2D eigenvalue weighted by Gasteiger charge is -2.43. The summed E-state index contributed by atoms with van der Waals surface area (Å²) in [5, 5.41) is 0. The Hall–Kier alpha value is -1.10. The molecule has 108 valence electrons. The van der Waals surface area contributed by atoms with E-state index in [1.807, 2.05) is 0 Å². The van der Waals surface area contributed by atoms with Crippen LogP contribution in [0.3, 0.4) is 0 Å². The van der Waals surface area contributed by atoms with Gasteiger partial charge in [0.25, 0.3) is 0 Å². The molecule has 1 saturated carbocycles. The maximum Gasteiger partial charge on any atom is 0.328 e. The molecule has 1 heterocycles. The minimum Gasteiger partial charge on any atom is -0.467 e. The van der Waals surface area contributed by atoms with E-state index < -0.39 is 0 Å². The molecule has 1 saturated heterocycles. The zero-order valence-corrected chi connectivity index (χ0v) is 11.7. The van der Waals surface area contributed by atoms with Crippen LogP contribution in [0, 0.1) is 5.41 Å². The molecule has 5 heteroatoms. The summed E-state index contributed by atoms with van der Waals surface area (Å²) in [5.74, 6) is -0.219. The Morgan fingerprint density at radius 3 is 2.58 bits per heavy atom. The third-order valence-electron chi connectivity index (χ3n) is 4.67. The number of methoxy groups -OCH3 is 1. The molecular weight excluding hydrogens is 244 g/mol. The first-order valence-corrected chi connectivity index (χ1v) is 7.19. The Bertz CT molecular complexity index is 347. The minimum atomic E-state index is -0.388. The minimum absolute atomic E-state index is 0.00476. The second kappa shape index (κ2) is 5.90. The molecule has 5 nitrogen and oxygen atoms in total. The van der Waals surface area contributed by atoms with Crippen molar-refractivity contribution >= 4 is 11.9 Å². The lowest BCUT2D eigenvalue weighted by molar-refractivity contribution is -0.156. The summed E-state index contributed by atoms with van der Waals surface area (Å²) in [6.45, 7) is 1.23. The summed E-state index contributed by atoms with van der Waals surface area (Å²) in [6.07, 6.45) is 6.37.